The van der Waals surface area contributed by atoms with E-state index in [1.54, 1.807) is 0 Å². The molecule has 0 aliphatic carbocycles. The highest BCUT2D eigenvalue weighted by atomic mass is 127. The van der Waals surface area contributed by atoms with Crippen molar-refractivity contribution in [2.75, 3.05) is 0 Å². The van der Waals surface area contributed by atoms with Crippen LogP contribution < -0.4 is 0 Å². The zero-order valence-electron chi connectivity index (χ0n) is 9.67. The van der Waals surface area contributed by atoms with Gasteiger partial charge >= 0.3 is 0 Å². The van der Waals surface area contributed by atoms with Crippen LogP contribution in [0.4, 0.5) is 0 Å². The summed E-state index contributed by atoms with van der Waals surface area (Å²) in [4.78, 5) is 8.88. The monoisotopic (exact) mass is 358 g/mol. The third-order valence-electron chi connectivity index (χ3n) is 2.52. The molecule has 0 fully saturated rings. The van der Waals surface area contributed by atoms with Crippen LogP contribution >= 0.6 is 34.2 Å². The maximum Gasteiger partial charge on any atom is 0.161 e. The molecule has 0 aliphatic rings. The lowest BCUT2D eigenvalue weighted by molar-refractivity contribution is 0.989. The quantitative estimate of drug-likeness (QED) is 0.592. The molecule has 17 heavy (non-hydrogen) atoms. The highest BCUT2D eigenvalue weighted by Gasteiger charge is 2.10. The van der Waals surface area contributed by atoms with Gasteiger partial charge in [-0.2, -0.15) is 0 Å². The van der Waals surface area contributed by atoms with Crippen molar-refractivity contribution in [3.63, 3.8) is 0 Å². The van der Waals surface area contributed by atoms with E-state index in [9.17, 15) is 0 Å². The summed E-state index contributed by atoms with van der Waals surface area (Å²) in [6.45, 7) is 4.13. The third-order valence-corrected chi connectivity index (χ3v) is 4.25. The van der Waals surface area contributed by atoms with Gasteiger partial charge in [0.2, 0.25) is 0 Å². The van der Waals surface area contributed by atoms with Gasteiger partial charge in [0.1, 0.15) is 5.15 Å². The normalized spacial score (nSPS) is 10.6. The van der Waals surface area contributed by atoms with Crippen molar-refractivity contribution >= 4 is 34.2 Å². The van der Waals surface area contributed by atoms with Crippen LogP contribution in [0.1, 0.15) is 18.2 Å². The molecule has 0 atom stereocenters. The van der Waals surface area contributed by atoms with E-state index in [-0.39, 0.29) is 0 Å². The van der Waals surface area contributed by atoms with E-state index in [1.165, 1.54) is 5.56 Å². The van der Waals surface area contributed by atoms with Crippen molar-refractivity contribution in [2.24, 2.45) is 0 Å². The van der Waals surface area contributed by atoms with Crippen LogP contribution in [0.5, 0.6) is 0 Å². The highest BCUT2D eigenvalue weighted by molar-refractivity contribution is 14.1. The van der Waals surface area contributed by atoms with Gasteiger partial charge in [-0.3, -0.25) is 0 Å². The van der Waals surface area contributed by atoms with Gasteiger partial charge in [-0.15, -0.1) is 0 Å². The van der Waals surface area contributed by atoms with Gasteiger partial charge in [-0.25, -0.2) is 9.97 Å². The average Bonchev–Trinajstić information content (AvgIpc) is 2.33. The molecule has 0 amide bonds. The van der Waals surface area contributed by atoms with E-state index in [2.05, 4.69) is 58.5 Å². The minimum atomic E-state index is 0.535. The maximum absolute atomic E-state index is 6.12. The molecular weight excluding hydrogens is 347 g/mol. The standard InChI is InChI=1S/C13H12ClIN2/c1-3-10-11(15)12(14)17-13(16-10)9-6-4-8(2)5-7-9/h4-7H,3H2,1-2H3. The van der Waals surface area contributed by atoms with E-state index >= 15 is 0 Å². The van der Waals surface area contributed by atoms with E-state index < -0.39 is 0 Å². The summed E-state index contributed by atoms with van der Waals surface area (Å²) in [6, 6.07) is 8.15. The van der Waals surface area contributed by atoms with E-state index in [4.69, 9.17) is 11.6 Å². The summed E-state index contributed by atoms with van der Waals surface area (Å²) >= 11 is 8.31. The van der Waals surface area contributed by atoms with Crippen LogP contribution in [0.3, 0.4) is 0 Å². The van der Waals surface area contributed by atoms with Crippen LogP contribution in [-0.2, 0) is 6.42 Å². The van der Waals surface area contributed by atoms with Crippen LogP contribution in [0, 0.1) is 10.5 Å². The Morgan fingerprint density at radius 2 is 1.82 bits per heavy atom. The first kappa shape index (κ1) is 12.8. The van der Waals surface area contributed by atoms with Crippen molar-refractivity contribution < 1.29 is 0 Å². The Morgan fingerprint density at radius 3 is 2.41 bits per heavy atom. The molecule has 2 rings (SSSR count). The Morgan fingerprint density at radius 1 is 1.18 bits per heavy atom. The Labute approximate surface area is 120 Å². The lowest BCUT2D eigenvalue weighted by atomic mass is 10.1. The van der Waals surface area contributed by atoms with Crippen molar-refractivity contribution in [3.8, 4) is 11.4 Å². The third kappa shape index (κ3) is 2.77. The highest BCUT2D eigenvalue weighted by Crippen LogP contribution is 2.24. The lowest BCUT2D eigenvalue weighted by Gasteiger charge is -2.06. The second kappa shape index (κ2) is 5.31. The fourth-order valence-electron chi connectivity index (χ4n) is 1.53. The van der Waals surface area contributed by atoms with Gasteiger partial charge in [-0.1, -0.05) is 48.4 Å². The summed E-state index contributed by atoms with van der Waals surface area (Å²) in [5.74, 6) is 0.701. The molecule has 0 saturated carbocycles. The Balaban J connectivity index is 2.52. The second-order valence-electron chi connectivity index (χ2n) is 3.82. The van der Waals surface area contributed by atoms with E-state index in [0.29, 0.717) is 11.0 Å². The summed E-state index contributed by atoms with van der Waals surface area (Å²) < 4.78 is 0.947. The van der Waals surface area contributed by atoms with Crippen molar-refractivity contribution in [2.45, 2.75) is 20.3 Å². The van der Waals surface area contributed by atoms with Crippen LogP contribution in [-0.4, -0.2) is 9.97 Å². The van der Waals surface area contributed by atoms with Crippen LogP contribution in [0.2, 0.25) is 5.15 Å². The van der Waals surface area contributed by atoms with Gasteiger partial charge in [0.25, 0.3) is 0 Å². The molecule has 0 radical (unpaired) electrons. The number of halogens is 2. The molecule has 4 heteroatoms. The number of hydrogen-bond acceptors (Lipinski definition) is 2. The fourth-order valence-corrected chi connectivity index (χ4v) is 2.34. The predicted octanol–water partition coefficient (Wildman–Crippen LogP) is 4.27. The summed E-state index contributed by atoms with van der Waals surface area (Å²) in [6.07, 6.45) is 0.860. The maximum atomic E-state index is 6.12. The molecule has 0 saturated heterocycles. The molecule has 0 spiro atoms. The minimum Gasteiger partial charge on any atom is -0.232 e. The number of aryl methyl sites for hydroxylation is 2. The molecule has 2 aromatic rings. The van der Waals surface area contributed by atoms with Gasteiger partial charge in [0.05, 0.1) is 9.26 Å². The summed E-state index contributed by atoms with van der Waals surface area (Å²) in [5, 5.41) is 0.535. The second-order valence-corrected chi connectivity index (χ2v) is 5.26. The Kier molecular flexibility index (Phi) is 3.99. The fraction of sp³-hybridized carbons (Fsp3) is 0.231. The molecule has 88 valence electrons. The predicted molar refractivity (Wildman–Crippen MR) is 79.3 cm³/mol. The average molecular weight is 359 g/mol. The molecular formula is C13H12ClIN2. The van der Waals surface area contributed by atoms with Crippen molar-refractivity contribution in [3.05, 3.63) is 44.2 Å². The number of benzene rings is 1. The Hall–Kier alpha value is -0.680. The van der Waals surface area contributed by atoms with Crippen molar-refractivity contribution in [1.29, 1.82) is 0 Å². The van der Waals surface area contributed by atoms with Gasteiger partial charge in [0, 0.05) is 5.56 Å². The molecule has 1 aromatic carbocycles. The lowest BCUT2D eigenvalue weighted by Crippen LogP contribution is -1.99. The molecule has 0 aliphatic heterocycles. The zero-order valence-corrected chi connectivity index (χ0v) is 12.6. The minimum absolute atomic E-state index is 0.535. The summed E-state index contributed by atoms with van der Waals surface area (Å²) in [5.41, 5.74) is 3.23. The zero-order chi connectivity index (χ0) is 12.4. The molecule has 2 nitrogen and oxygen atoms in total. The molecule has 0 unspecified atom stereocenters. The first-order chi connectivity index (χ1) is 8.11. The topological polar surface area (TPSA) is 25.8 Å². The van der Waals surface area contributed by atoms with Gasteiger partial charge in [0.15, 0.2) is 5.82 Å². The molecule has 0 N–H and O–H groups in total. The van der Waals surface area contributed by atoms with Gasteiger partial charge in [-0.05, 0) is 35.9 Å². The van der Waals surface area contributed by atoms with E-state index in [0.717, 1.165) is 21.2 Å². The number of rotatable bonds is 2. The first-order valence-corrected chi connectivity index (χ1v) is 6.86. The Bertz CT molecular complexity index is 538. The molecule has 1 aromatic heterocycles. The summed E-state index contributed by atoms with van der Waals surface area (Å²) in [7, 11) is 0. The first-order valence-electron chi connectivity index (χ1n) is 5.40. The molecule has 0 bridgehead atoms. The number of aromatic nitrogens is 2. The van der Waals surface area contributed by atoms with Crippen LogP contribution in [0.25, 0.3) is 11.4 Å². The SMILES string of the molecule is CCc1nc(-c2ccc(C)cc2)nc(Cl)c1I. The largest absolute Gasteiger partial charge is 0.232 e. The van der Waals surface area contributed by atoms with Crippen molar-refractivity contribution in [1.82, 2.24) is 9.97 Å². The number of nitrogens with zero attached hydrogens (tertiary/aromatic N) is 2. The smallest absolute Gasteiger partial charge is 0.161 e. The van der Waals surface area contributed by atoms with E-state index in [1.807, 2.05) is 12.1 Å². The van der Waals surface area contributed by atoms with Gasteiger partial charge < -0.3 is 0 Å². The number of hydrogen-bond donors (Lipinski definition) is 0. The molecule has 1 heterocycles. The van der Waals surface area contributed by atoms with Crippen LogP contribution in [0.15, 0.2) is 24.3 Å².